The van der Waals surface area contributed by atoms with E-state index < -0.39 is 0 Å². The van der Waals surface area contributed by atoms with Gasteiger partial charge in [0.2, 0.25) is 0 Å². The maximum absolute atomic E-state index is 13.0. The van der Waals surface area contributed by atoms with Crippen LogP contribution in [0.5, 0.6) is 0 Å². The van der Waals surface area contributed by atoms with Crippen LogP contribution in [0.2, 0.25) is 5.02 Å². The zero-order valence-electron chi connectivity index (χ0n) is 9.18. The van der Waals surface area contributed by atoms with E-state index in [2.05, 4.69) is 0 Å². The number of furan rings is 1. The van der Waals surface area contributed by atoms with Crippen molar-refractivity contribution in [1.82, 2.24) is 0 Å². The van der Waals surface area contributed by atoms with Crippen LogP contribution in [0, 0.1) is 19.7 Å². The quantitative estimate of drug-likeness (QED) is 0.761. The molecule has 2 rings (SSSR count). The van der Waals surface area contributed by atoms with Crippen LogP contribution in [0.15, 0.2) is 28.9 Å². The lowest BCUT2D eigenvalue weighted by molar-refractivity contribution is 0.530. The minimum absolute atomic E-state index is 0.162. The molecule has 0 saturated carbocycles. The van der Waals surface area contributed by atoms with E-state index in [-0.39, 0.29) is 10.8 Å². The lowest BCUT2D eigenvalue weighted by Gasteiger charge is -2.02. The number of hydrogen-bond acceptors (Lipinski definition) is 1. The van der Waals surface area contributed by atoms with Gasteiger partial charge in [-0.15, -0.1) is 0 Å². The zero-order valence-corrected chi connectivity index (χ0v) is 9.94. The van der Waals surface area contributed by atoms with Crippen LogP contribution in [0.1, 0.15) is 22.5 Å². The van der Waals surface area contributed by atoms with Gasteiger partial charge in [0.25, 0.3) is 0 Å². The van der Waals surface area contributed by atoms with Gasteiger partial charge < -0.3 is 4.42 Å². The van der Waals surface area contributed by atoms with E-state index in [1.165, 1.54) is 6.07 Å². The standard InChI is InChI=1S/C13H12ClFO/c1-8-9(2)16-7-11(8)5-10-3-4-13(15)12(14)6-10/h3-4,6-7H,5H2,1-2H3. The molecule has 0 aliphatic carbocycles. The van der Waals surface area contributed by atoms with E-state index in [1.807, 2.05) is 13.8 Å². The molecule has 0 aliphatic heterocycles. The van der Waals surface area contributed by atoms with Crippen molar-refractivity contribution in [2.75, 3.05) is 0 Å². The maximum Gasteiger partial charge on any atom is 0.141 e. The molecule has 0 bridgehead atoms. The highest BCUT2D eigenvalue weighted by molar-refractivity contribution is 6.30. The molecule has 0 N–H and O–H groups in total. The van der Waals surface area contributed by atoms with Crippen molar-refractivity contribution in [3.63, 3.8) is 0 Å². The summed E-state index contributed by atoms with van der Waals surface area (Å²) in [6.45, 7) is 3.94. The van der Waals surface area contributed by atoms with Gasteiger partial charge in [0.05, 0.1) is 11.3 Å². The Morgan fingerprint density at radius 1 is 1.31 bits per heavy atom. The van der Waals surface area contributed by atoms with E-state index in [1.54, 1.807) is 18.4 Å². The Balaban J connectivity index is 2.27. The third-order valence-corrected chi connectivity index (χ3v) is 3.06. The smallest absolute Gasteiger partial charge is 0.141 e. The molecule has 3 heteroatoms. The van der Waals surface area contributed by atoms with Crippen molar-refractivity contribution in [3.05, 3.63) is 57.8 Å². The summed E-state index contributed by atoms with van der Waals surface area (Å²) < 4.78 is 18.3. The summed E-state index contributed by atoms with van der Waals surface area (Å²) in [7, 11) is 0. The SMILES string of the molecule is Cc1occ(Cc2ccc(F)c(Cl)c2)c1C. The molecule has 0 unspecified atom stereocenters. The van der Waals surface area contributed by atoms with Gasteiger partial charge in [-0.25, -0.2) is 4.39 Å². The van der Waals surface area contributed by atoms with Crippen LogP contribution in [0.3, 0.4) is 0 Å². The first-order valence-corrected chi connectivity index (χ1v) is 5.43. The molecule has 0 radical (unpaired) electrons. The first-order chi connectivity index (χ1) is 7.58. The van der Waals surface area contributed by atoms with Crippen LogP contribution < -0.4 is 0 Å². The van der Waals surface area contributed by atoms with Crippen LogP contribution in [0.25, 0.3) is 0 Å². The number of halogens is 2. The molecule has 0 aliphatic rings. The summed E-state index contributed by atoms with van der Waals surface area (Å²) in [5.74, 6) is 0.536. The Bertz CT molecular complexity index is 517. The van der Waals surface area contributed by atoms with Crippen molar-refractivity contribution < 1.29 is 8.81 Å². The summed E-state index contributed by atoms with van der Waals surface area (Å²) in [5, 5.41) is 0.162. The summed E-state index contributed by atoms with van der Waals surface area (Å²) >= 11 is 5.73. The predicted octanol–water partition coefficient (Wildman–Crippen LogP) is 4.28. The molecule has 1 aromatic heterocycles. The lowest BCUT2D eigenvalue weighted by Crippen LogP contribution is -1.90. The highest BCUT2D eigenvalue weighted by atomic mass is 35.5. The Hall–Kier alpha value is -1.28. The third-order valence-electron chi connectivity index (χ3n) is 2.77. The second-order valence-electron chi connectivity index (χ2n) is 3.87. The molecule has 0 fully saturated rings. The fourth-order valence-electron chi connectivity index (χ4n) is 1.61. The molecule has 0 saturated heterocycles. The topological polar surface area (TPSA) is 13.1 Å². The van der Waals surface area contributed by atoms with Crippen LogP contribution in [-0.2, 0) is 6.42 Å². The molecule has 1 heterocycles. The normalized spacial score (nSPS) is 10.8. The van der Waals surface area contributed by atoms with Gasteiger partial charge >= 0.3 is 0 Å². The Morgan fingerprint density at radius 2 is 2.06 bits per heavy atom. The summed E-state index contributed by atoms with van der Waals surface area (Å²) in [5.41, 5.74) is 3.23. The van der Waals surface area contributed by atoms with E-state index in [0.29, 0.717) is 6.42 Å². The van der Waals surface area contributed by atoms with E-state index in [9.17, 15) is 4.39 Å². The Labute approximate surface area is 98.8 Å². The van der Waals surface area contributed by atoms with Gasteiger partial charge in [0.1, 0.15) is 11.6 Å². The van der Waals surface area contributed by atoms with Crippen LogP contribution in [0.4, 0.5) is 4.39 Å². The van der Waals surface area contributed by atoms with Crippen LogP contribution in [-0.4, -0.2) is 0 Å². The maximum atomic E-state index is 13.0. The van der Waals surface area contributed by atoms with Gasteiger partial charge in [0.15, 0.2) is 0 Å². The van der Waals surface area contributed by atoms with Gasteiger partial charge in [-0.1, -0.05) is 17.7 Å². The van der Waals surface area contributed by atoms with Gasteiger partial charge in [0, 0.05) is 6.42 Å². The highest BCUT2D eigenvalue weighted by Gasteiger charge is 2.07. The van der Waals surface area contributed by atoms with Crippen LogP contribution >= 0.6 is 11.6 Å². The zero-order chi connectivity index (χ0) is 11.7. The molecule has 0 atom stereocenters. The molecular formula is C13H12ClFO. The second-order valence-corrected chi connectivity index (χ2v) is 4.27. The number of aryl methyl sites for hydroxylation is 1. The minimum atomic E-state index is -0.384. The number of rotatable bonds is 2. The van der Waals surface area contributed by atoms with Crippen molar-refractivity contribution in [2.45, 2.75) is 20.3 Å². The number of benzene rings is 1. The molecule has 16 heavy (non-hydrogen) atoms. The van der Waals surface area contributed by atoms with Crippen molar-refractivity contribution in [1.29, 1.82) is 0 Å². The largest absolute Gasteiger partial charge is 0.469 e. The molecule has 2 aromatic rings. The molecule has 0 spiro atoms. The van der Waals surface area contributed by atoms with Gasteiger partial charge in [-0.2, -0.15) is 0 Å². The second kappa shape index (κ2) is 4.30. The lowest BCUT2D eigenvalue weighted by atomic mass is 10.0. The van der Waals surface area contributed by atoms with E-state index in [0.717, 1.165) is 22.5 Å². The molecule has 0 amide bonds. The first kappa shape index (κ1) is 11.2. The average molecular weight is 239 g/mol. The minimum Gasteiger partial charge on any atom is -0.469 e. The highest BCUT2D eigenvalue weighted by Crippen LogP contribution is 2.22. The fraction of sp³-hybridized carbons (Fsp3) is 0.231. The molecular weight excluding hydrogens is 227 g/mol. The molecule has 1 nitrogen and oxygen atoms in total. The molecule has 84 valence electrons. The third kappa shape index (κ3) is 2.12. The molecule has 1 aromatic carbocycles. The van der Waals surface area contributed by atoms with Gasteiger partial charge in [-0.05, 0) is 42.7 Å². The van der Waals surface area contributed by atoms with E-state index in [4.69, 9.17) is 16.0 Å². The Kier molecular flexibility index (Phi) is 3.01. The van der Waals surface area contributed by atoms with Gasteiger partial charge in [-0.3, -0.25) is 0 Å². The first-order valence-electron chi connectivity index (χ1n) is 5.05. The Morgan fingerprint density at radius 3 is 2.62 bits per heavy atom. The van der Waals surface area contributed by atoms with E-state index >= 15 is 0 Å². The van der Waals surface area contributed by atoms with Crippen molar-refractivity contribution in [2.24, 2.45) is 0 Å². The summed E-state index contributed by atoms with van der Waals surface area (Å²) in [4.78, 5) is 0. The summed E-state index contributed by atoms with van der Waals surface area (Å²) in [6, 6.07) is 4.78. The monoisotopic (exact) mass is 238 g/mol. The average Bonchev–Trinajstić information content (AvgIpc) is 2.55. The predicted molar refractivity (Wildman–Crippen MR) is 62.4 cm³/mol. The van der Waals surface area contributed by atoms with Crippen molar-refractivity contribution >= 4 is 11.6 Å². The number of hydrogen-bond donors (Lipinski definition) is 0. The van der Waals surface area contributed by atoms with Crippen molar-refractivity contribution in [3.8, 4) is 0 Å². The fourth-order valence-corrected chi connectivity index (χ4v) is 1.81. The summed E-state index contributed by atoms with van der Waals surface area (Å²) in [6.07, 6.45) is 2.45.